The third kappa shape index (κ3) is 5.15. The fraction of sp³-hybridized carbons (Fsp3) is 1.00. The lowest BCUT2D eigenvalue weighted by Crippen LogP contribution is -2.47. The Kier molecular flexibility index (Phi) is 8.89. The molecule has 0 bridgehead atoms. The highest BCUT2D eigenvalue weighted by Crippen LogP contribution is 2.49. The smallest absolute Gasteiger partial charge is 0.0626 e. The van der Waals surface area contributed by atoms with E-state index < -0.39 is 0 Å². The first-order chi connectivity index (χ1) is 13.1. The van der Waals surface area contributed by atoms with Crippen LogP contribution in [0, 0.1) is 59.2 Å². The molecule has 166 valence electrons. The predicted octanol–water partition coefficient (Wildman–Crippen LogP) is 6.40. The molecule has 0 saturated heterocycles. The fourth-order valence-electron chi connectivity index (χ4n) is 7.79. The largest absolute Gasteiger partial charge is 0.392 e. The van der Waals surface area contributed by atoms with Crippen molar-refractivity contribution in [1.29, 1.82) is 0 Å². The van der Waals surface area contributed by atoms with Crippen LogP contribution in [0.4, 0.5) is 0 Å². The van der Waals surface area contributed by atoms with Crippen LogP contribution in [0.15, 0.2) is 0 Å². The molecule has 28 heavy (non-hydrogen) atoms. The highest BCUT2D eigenvalue weighted by molar-refractivity contribution is 4.97. The maximum Gasteiger partial charge on any atom is 0.0626 e. The van der Waals surface area contributed by atoms with Gasteiger partial charge < -0.3 is 10.2 Å². The molecule has 0 heterocycles. The van der Waals surface area contributed by atoms with E-state index in [1.807, 2.05) is 0 Å². The number of rotatable bonds is 6. The molecule has 2 fully saturated rings. The van der Waals surface area contributed by atoms with Crippen LogP contribution in [0.1, 0.15) is 93.9 Å². The average Bonchev–Trinajstić information content (AvgIpc) is 2.81. The molecule has 2 aliphatic rings. The lowest BCUT2D eigenvalue weighted by molar-refractivity contribution is -0.0904. The van der Waals surface area contributed by atoms with Crippen molar-refractivity contribution in [3.63, 3.8) is 0 Å². The van der Waals surface area contributed by atoms with Crippen LogP contribution in [-0.2, 0) is 0 Å². The summed E-state index contributed by atoms with van der Waals surface area (Å²) in [5.41, 5.74) is 0. The minimum absolute atomic E-state index is 0.0694. The van der Waals surface area contributed by atoms with Crippen LogP contribution in [0.3, 0.4) is 0 Å². The van der Waals surface area contributed by atoms with Crippen LogP contribution in [0.5, 0.6) is 0 Å². The molecule has 0 amide bonds. The quantitative estimate of drug-likeness (QED) is 0.547. The molecule has 2 saturated carbocycles. The topological polar surface area (TPSA) is 40.5 Å². The zero-order valence-corrected chi connectivity index (χ0v) is 20.1. The highest BCUT2D eigenvalue weighted by atomic mass is 16.3. The molecule has 0 aromatic heterocycles. The first-order valence-electron chi connectivity index (χ1n) is 12.4. The van der Waals surface area contributed by atoms with E-state index in [1.54, 1.807) is 0 Å². The van der Waals surface area contributed by atoms with E-state index in [0.29, 0.717) is 53.3 Å². The van der Waals surface area contributed by atoms with Gasteiger partial charge in [-0.05, 0) is 78.9 Å². The predicted molar refractivity (Wildman–Crippen MR) is 120 cm³/mol. The van der Waals surface area contributed by atoms with Crippen LogP contribution in [0.2, 0.25) is 0 Å². The molecule has 0 aliphatic heterocycles. The van der Waals surface area contributed by atoms with Gasteiger partial charge in [0.25, 0.3) is 0 Å². The van der Waals surface area contributed by atoms with E-state index in [2.05, 4.69) is 55.4 Å². The van der Waals surface area contributed by atoms with Gasteiger partial charge in [0.1, 0.15) is 0 Å². The monoisotopic (exact) mass is 394 g/mol. The molecular weight excluding hydrogens is 344 g/mol. The number of hydrogen-bond donors (Lipinski definition) is 2. The lowest BCUT2D eigenvalue weighted by atomic mass is 9.65. The number of aliphatic hydroxyl groups is 2. The first-order valence-corrected chi connectivity index (χ1v) is 12.4. The lowest BCUT2D eigenvalue weighted by Gasteiger charge is -2.44. The molecule has 2 heteroatoms. The minimum Gasteiger partial charge on any atom is -0.392 e. The van der Waals surface area contributed by atoms with E-state index in [9.17, 15) is 10.2 Å². The van der Waals surface area contributed by atoms with E-state index in [1.165, 1.54) is 25.7 Å². The Morgan fingerprint density at radius 3 is 1.14 bits per heavy atom. The van der Waals surface area contributed by atoms with E-state index in [4.69, 9.17) is 0 Å². The Bertz CT molecular complexity index is 399. The summed E-state index contributed by atoms with van der Waals surface area (Å²) < 4.78 is 0. The van der Waals surface area contributed by atoms with Crippen molar-refractivity contribution >= 4 is 0 Å². The number of fused-ring (bicyclic) bond motifs is 1. The van der Waals surface area contributed by atoms with E-state index in [0.717, 1.165) is 12.8 Å². The Balaban J connectivity index is 2.36. The Hall–Kier alpha value is -0.0800. The Morgan fingerprint density at radius 1 is 0.536 bits per heavy atom. The number of hydrogen-bond acceptors (Lipinski definition) is 2. The molecule has 0 spiro atoms. The second-order valence-corrected chi connectivity index (χ2v) is 11.6. The van der Waals surface area contributed by atoms with Crippen LogP contribution in [0.25, 0.3) is 0 Å². The first kappa shape index (κ1) is 24.2. The molecule has 2 rings (SSSR count). The van der Waals surface area contributed by atoms with Gasteiger partial charge >= 0.3 is 0 Å². The van der Waals surface area contributed by atoms with Crippen molar-refractivity contribution in [2.24, 2.45) is 59.2 Å². The van der Waals surface area contributed by atoms with Crippen molar-refractivity contribution in [1.82, 2.24) is 0 Å². The SMILES string of the molecule is CC(C)C(C(C)C)[C@@H]1CCCC2CCC[C@H](C(C(C)C)C(C)C)C(O)C2C1O. The van der Waals surface area contributed by atoms with E-state index >= 15 is 0 Å². The van der Waals surface area contributed by atoms with Gasteiger partial charge in [-0.1, -0.05) is 68.2 Å². The van der Waals surface area contributed by atoms with Gasteiger partial charge in [-0.15, -0.1) is 0 Å². The third-order valence-electron chi connectivity index (χ3n) is 8.50. The van der Waals surface area contributed by atoms with Crippen LogP contribution >= 0.6 is 0 Å². The molecular formula is C26H50O2. The molecule has 2 nitrogen and oxygen atoms in total. The van der Waals surface area contributed by atoms with Crippen molar-refractivity contribution in [2.45, 2.75) is 106 Å². The summed E-state index contributed by atoms with van der Waals surface area (Å²) in [6.45, 7) is 18.6. The summed E-state index contributed by atoms with van der Waals surface area (Å²) in [5.74, 6) is 4.62. The van der Waals surface area contributed by atoms with Gasteiger partial charge in [-0.2, -0.15) is 0 Å². The third-order valence-corrected chi connectivity index (χ3v) is 8.50. The van der Waals surface area contributed by atoms with Gasteiger partial charge in [0.2, 0.25) is 0 Å². The summed E-state index contributed by atoms with van der Waals surface area (Å²) in [5, 5.41) is 23.4. The van der Waals surface area contributed by atoms with Gasteiger partial charge in [-0.3, -0.25) is 0 Å². The van der Waals surface area contributed by atoms with Crippen LogP contribution < -0.4 is 0 Å². The summed E-state index contributed by atoms with van der Waals surface area (Å²) in [7, 11) is 0. The van der Waals surface area contributed by atoms with Crippen molar-refractivity contribution < 1.29 is 10.2 Å². The average molecular weight is 395 g/mol. The van der Waals surface area contributed by atoms with Crippen LogP contribution in [-0.4, -0.2) is 22.4 Å². The van der Waals surface area contributed by atoms with Gasteiger partial charge in [-0.25, -0.2) is 0 Å². The Labute approximate surface area is 175 Å². The zero-order chi connectivity index (χ0) is 21.2. The second kappa shape index (κ2) is 10.3. The maximum atomic E-state index is 11.7. The zero-order valence-electron chi connectivity index (χ0n) is 20.1. The molecule has 6 atom stereocenters. The molecule has 0 radical (unpaired) electrons. The summed E-state index contributed by atoms with van der Waals surface area (Å²) in [6.07, 6.45) is 6.38. The molecule has 0 aromatic carbocycles. The molecule has 2 aliphatic carbocycles. The summed E-state index contributed by atoms with van der Waals surface area (Å²) in [6, 6.07) is 0. The standard InChI is InChI=1S/C26H50O2/c1-15(2)22(16(3)4)20-13-9-11-19-12-10-14-21(23(17(5)6)18(7)8)26(28)24(19)25(20)27/h15-28H,9-14H2,1-8H3/t19?,20-,21+,24?,25?,26?. The minimum atomic E-state index is -0.349. The normalized spacial score (nSPS) is 35.1. The summed E-state index contributed by atoms with van der Waals surface area (Å²) in [4.78, 5) is 0. The highest BCUT2D eigenvalue weighted by Gasteiger charge is 2.48. The van der Waals surface area contributed by atoms with E-state index in [-0.39, 0.29) is 18.1 Å². The van der Waals surface area contributed by atoms with Gasteiger partial charge in [0.05, 0.1) is 12.2 Å². The Morgan fingerprint density at radius 2 is 0.857 bits per heavy atom. The summed E-state index contributed by atoms with van der Waals surface area (Å²) >= 11 is 0. The van der Waals surface area contributed by atoms with Crippen molar-refractivity contribution in [3.05, 3.63) is 0 Å². The fourth-order valence-corrected chi connectivity index (χ4v) is 7.79. The van der Waals surface area contributed by atoms with Crippen molar-refractivity contribution in [3.8, 4) is 0 Å². The molecule has 0 aromatic rings. The van der Waals surface area contributed by atoms with Gasteiger partial charge in [0, 0.05) is 5.92 Å². The van der Waals surface area contributed by atoms with Gasteiger partial charge in [0.15, 0.2) is 0 Å². The molecule has 2 N–H and O–H groups in total. The second-order valence-electron chi connectivity index (χ2n) is 11.6. The number of aliphatic hydroxyl groups excluding tert-OH is 2. The van der Waals surface area contributed by atoms with Crippen molar-refractivity contribution in [2.75, 3.05) is 0 Å². The molecule has 4 unspecified atom stereocenters. The maximum absolute atomic E-state index is 11.7.